The third kappa shape index (κ3) is 5.20. The first-order valence-electron chi connectivity index (χ1n) is 8.12. The minimum absolute atomic E-state index is 0.108. The van der Waals surface area contributed by atoms with Gasteiger partial charge in [0.15, 0.2) is 6.61 Å². The maximum Gasteiger partial charge on any atom is 0.262 e. The van der Waals surface area contributed by atoms with Crippen LogP contribution in [0.4, 0.5) is 5.69 Å². The molecule has 7 nitrogen and oxygen atoms in total. The van der Waals surface area contributed by atoms with Crippen molar-refractivity contribution in [1.82, 2.24) is 0 Å². The molecule has 0 unspecified atom stereocenters. The zero-order valence-corrected chi connectivity index (χ0v) is 14.3. The summed E-state index contributed by atoms with van der Waals surface area (Å²) < 4.78 is 15.9. The van der Waals surface area contributed by atoms with Gasteiger partial charge >= 0.3 is 0 Å². The first-order valence-corrected chi connectivity index (χ1v) is 8.12. The fraction of sp³-hybridized carbons (Fsp3) is 0.100. The smallest absolute Gasteiger partial charge is 0.262 e. The summed E-state index contributed by atoms with van der Waals surface area (Å²) >= 11 is 0. The summed E-state index contributed by atoms with van der Waals surface area (Å²) in [5.74, 6) is 0.815. The van der Waals surface area contributed by atoms with Crippen LogP contribution in [0.3, 0.4) is 0 Å². The molecular formula is C20H17NO6. The van der Waals surface area contributed by atoms with Gasteiger partial charge in [-0.2, -0.15) is 0 Å². The summed E-state index contributed by atoms with van der Waals surface area (Å²) in [6, 6.07) is 17.3. The number of hydrogen-bond donors (Lipinski definition) is 2. The Kier molecular flexibility index (Phi) is 5.86. The molecule has 0 aliphatic carbocycles. The number of hydrogen-bond acceptors (Lipinski definition) is 6. The second-order valence-electron chi connectivity index (χ2n) is 5.51. The van der Waals surface area contributed by atoms with E-state index < -0.39 is 17.9 Å². The molecular weight excluding hydrogens is 350 g/mol. The number of carbonyl (C=O) groups is 1. The molecule has 0 aliphatic rings. The Morgan fingerprint density at radius 3 is 2.56 bits per heavy atom. The average molecular weight is 367 g/mol. The summed E-state index contributed by atoms with van der Waals surface area (Å²) in [6.07, 6.45) is 1.06. The van der Waals surface area contributed by atoms with Crippen LogP contribution in [0.15, 0.2) is 76.1 Å². The van der Waals surface area contributed by atoms with Gasteiger partial charge in [0, 0.05) is 17.8 Å². The molecule has 1 aromatic heterocycles. The minimum Gasteiger partial charge on any atom is -0.477 e. The minimum atomic E-state index is -0.476. The second-order valence-corrected chi connectivity index (χ2v) is 5.51. The molecule has 3 rings (SSSR count). The molecule has 7 heteroatoms. The van der Waals surface area contributed by atoms with E-state index in [2.05, 4.69) is 5.32 Å². The van der Waals surface area contributed by atoms with Crippen molar-refractivity contribution in [3.63, 3.8) is 0 Å². The SMILES string of the molecule is O=C(COc1coc(CO)cc1=O)Nc1cccc(Oc2ccccc2)c1. The van der Waals surface area contributed by atoms with Crippen LogP contribution < -0.4 is 20.2 Å². The van der Waals surface area contributed by atoms with Crippen molar-refractivity contribution in [1.29, 1.82) is 0 Å². The number of aliphatic hydroxyl groups excluding tert-OH is 1. The predicted molar refractivity (Wildman–Crippen MR) is 98.0 cm³/mol. The maximum absolute atomic E-state index is 12.0. The highest BCUT2D eigenvalue weighted by Gasteiger charge is 2.09. The Bertz CT molecular complexity index is 967. The molecule has 2 N–H and O–H groups in total. The highest BCUT2D eigenvalue weighted by atomic mass is 16.5. The lowest BCUT2D eigenvalue weighted by atomic mass is 10.3. The van der Waals surface area contributed by atoms with E-state index in [-0.39, 0.29) is 18.1 Å². The van der Waals surface area contributed by atoms with Crippen molar-refractivity contribution in [2.75, 3.05) is 11.9 Å². The lowest BCUT2D eigenvalue weighted by Crippen LogP contribution is -2.22. The van der Waals surface area contributed by atoms with E-state index in [0.717, 1.165) is 12.3 Å². The predicted octanol–water partition coefficient (Wildman–Crippen LogP) is 2.94. The molecule has 0 atom stereocenters. The number of anilines is 1. The molecule has 0 saturated carbocycles. The van der Waals surface area contributed by atoms with Crippen molar-refractivity contribution < 1.29 is 23.8 Å². The normalized spacial score (nSPS) is 10.3. The quantitative estimate of drug-likeness (QED) is 0.666. The molecule has 1 heterocycles. The molecule has 138 valence electrons. The van der Waals surface area contributed by atoms with Crippen LogP contribution in [0.25, 0.3) is 0 Å². The fourth-order valence-electron chi connectivity index (χ4n) is 2.23. The lowest BCUT2D eigenvalue weighted by molar-refractivity contribution is -0.118. The number of nitrogens with one attached hydrogen (secondary N) is 1. The van der Waals surface area contributed by atoms with Crippen molar-refractivity contribution >= 4 is 11.6 Å². The Labute approximate surface area is 154 Å². The zero-order valence-electron chi connectivity index (χ0n) is 14.3. The van der Waals surface area contributed by atoms with E-state index in [1.807, 2.05) is 30.3 Å². The van der Waals surface area contributed by atoms with Crippen molar-refractivity contribution in [3.8, 4) is 17.2 Å². The van der Waals surface area contributed by atoms with Gasteiger partial charge in [0.25, 0.3) is 5.91 Å². The first kappa shape index (κ1) is 18.2. The van der Waals surface area contributed by atoms with E-state index in [9.17, 15) is 9.59 Å². The third-order valence-corrected chi connectivity index (χ3v) is 3.46. The molecule has 0 spiro atoms. The van der Waals surface area contributed by atoms with Crippen LogP contribution in [-0.2, 0) is 11.4 Å². The number of ether oxygens (including phenoxy) is 2. The molecule has 27 heavy (non-hydrogen) atoms. The summed E-state index contributed by atoms with van der Waals surface area (Å²) in [5.41, 5.74) is 0.0519. The van der Waals surface area contributed by atoms with Crippen LogP contribution in [0.2, 0.25) is 0 Å². The summed E-state index contributed by atoms with van der Waals surface area (Å²) in [6.45, 7) is -0.760. The van der Waals surface area contributed by atoms with Crippen molar-refractivity contribution in [3.05, 3.63) is 82.9 Å². The van der Waals surface area contributed by atoms with Crippen molar-refractivity contribution in [2.45, 2.75) is 6.61 Å². The Morgan fingerprint density at radius 2 is 1.81 bits per heavy atom. The molecule has 3 aromatic rings. The number of rotatable bonds is 7. The van der Waals surface area contributed by atoms with Crippen LogP contribution >= 0.6 is 0 Å². The van der Waals surface area contributed by atoms with Crippen molar-refractivity contribution in [2.24, 2.45) is 0 Å². The van der Waals surface area contributed by atoms with Gasteiger partial charge in [0.1, 0.15) is 30.1 Å². The van der Waals surface area contributed by atoms with Gasteiger partial charge in [-0.3, -0.25) is 9.59 Å². The Morgan fingerprint density at radius 1 is 1.04 bits per heavy atom. The monoisotopic (exact) mass is 367 g/mol. The Balaban J connectivity index is 1.58. The standard InChI is InChI=1S/C20H17NO6/c22-11-17-10-18(23)19(12-25-17)26-13-20(24)21-14-5-4-8-16(9-14)27-15-6-2-1-3-7-15/h1-10,12,22H,11,13H2,(H,21,24). The lowest BCUT2D eigenvalue weighted by Gasteiger charge is -2.09. The van der Waals surface area contributed by atoms with E-state index in [1.165, 1.54) is 0 Å². The topological polar surface area (TPSA) is 98.0 Å². The van der Waals surface area contributed by atoms with E-state index in [1.54, 1.807) is 24.3 Å². The second kappa shape index (κ2) is 8.68. The van der Waals surface area contributed by atoms with Gasteiger partial charge in [-0.25, -0.2) is 0 Å². The number of benzene rings is 2. The summed E-state index contributed by atoms with van der Waals surface area (Å²) in [4.78, 5) is 23.8. The molecule has 0 saturated heterocycles. The van der Waals surface area contributed by atoms with Gasteiger partial charge < -0.3 is 24.3 Å². The zero-order chi connectivity index (χ0) is 19.1. The summed E-state index contributed by atoms with van der Waals surface area (Å²) in [5, 5.41) is 11.6. The van der Waals surface area contributed by atoms with E-state index >= 15 is 0 Å². The number of amides is 1. The van der Waals surface area contributed by atoms with E-state index in [4.69, 9.17) is 19.0 Å². The molecule has 0 bridgehead atoms. The first-order chi connectivity index (χ1) is 13.1. The molecule has 1 amide bonds. The van der Waals surface area contributed by atoms with Gasteiger partial charge in [-0.1, -0.05) is 24.3 Å². The molecule has 0 radical (unpaired) electrons. The maximum atomic E-state index is 12.0. The summed E-state index contributed by atoms with van der Waals surface area (Å²) in [7, 11) is 0. The highest BCUT2D eigenvalue weighted by molar-refractivity contribution is 5.92. The number of carbonyl (C=O) groups excluding carboxylic acids is 1. The molecule has 0 aliphatic heterocycles. The average Bonchev–Trinajstić information content (AvgIpc) is 2.68. The fourth-order valence-corrected chi connectivity index (χ4v) is 2.23. The third-order valence-electron chi connectivity index (χ3n) is 3.46. The van der Waals surface area contributed by atoms with E-state index in [0.29, 0.717) is 17.2 Å². The van der Waals surface area contributed by atoms with Gasteiger partial charge in [-0.05, 0) is 24.3 Å². The van der Waals surface area contributed by atoms with Gasteiger partial charge in [0.05, 0.1) is 0 Å². The van der Waals surface area contributed by atoms with Crippen LogP contribution in [0.5, 0.6) is 17.2 Å². The van der Waals surface area contributed by atoms with Gasteiger partial charge in [-0.15, -0.1) is 0 Å². The number of para-hydroxylation sites is 1. The Hall–Kier alpha value is -3.58. The van der Waals surface area contributed by atoms with Crippen LogP contribution in [0, 0.1) is 0 Å². The molecule has 2 aromatic carbocycles. The van der Waals surface area contributed by atoms with Crippen LogP contribution in [0.1, 0.15) is 5.76 Å². The van der Waals surface area contributed by atoms with Gasteiger partial charge in [0.2, 0.25) is 11.2 Å². The largest absolute Gasteiger partial charge is 0.477 e. The van der Waals surface area contributed by atoms with Crippen LogP contribution in [-0.4, -0.2) is 17.6 Å². The molecule has 0 fully saturated rings. The number of aliphatic hydroxyl groups is 1. The highest BCUT2D eigenvalue weighted by Crippen LogP contribution is 2.23.